The van der Waals surface area contributed by atoms with Gasteiger partial charge in [-0.05, 0) is 0 Å². The Kier molecular flexibility index (Phi) is 5.90. The molecule has 143 valence electrons. The van der Waals surface area contributed by atoms with Gasteiger partial charge in [-0.15, -0.1) is 0 Å². The van der Waals surface area contributed by atoms with Crippen molar-refractivity contribution in [3.05, 3.63) is 41.5 Å². The van der Waals surface area contributed by atoms with Gasteiger partial charge in [0.15, 0.2) is 0 Å². The fourth-order valence-corrected chi connectivity index (χ4v) is 7.22. The van der Waals surface area contributed by atoms with Gasteiger partial charge in [0.2, 0.25) is 0 Å². The number of aromatic nitrogens is 4. The molecule has 0 spiro atoms. The van der Waals surface area contributed by atoms with E-state index in [1.54, 1.807) is 11.3 Å². The van der Waals surface area contributed by atoms with E-state index < -0.39 is 0 Å². The number of amides is 1. The van der Waals surface area contributed by atoms with Gasteiger partial charge >= 0.3 is 178 Å². The summed E-state index contributed by atoms with van der Waals surface area (Å²) in [6.45, 7) is 4.39. The fourth-order valence-electron chi connectivity index (χ4n) is 2.88. The topological polar surface area (TPSA) is 72.7 Å². The van der Waals surface area contributed by atoms with Crippen molar-refractivity contribution in [2.45, 2.75) is 32.0 Å². The Labute approximate surface area is 177 Å². The minimum absolute atomic E-state index is 0.0489. The molecular formula is C19H19AsN5OS2. The molecule has 28 heavy (non-hydrogen) atoms. The molecule has 6 nitrogen and oxygen atoms in total. The molecule has 1 radical (unpaired) electrons. The SMILES string of the molecule is CC(=O)Nc1nc(C)c(-c2csc([As]CCCn3ncc4ccccc43)n2)s1. The molecule has 1 N–H and O–H groups in total. The van der Waals surface area contributed by atoms with Crippen LogP contribution in [0.4, 0.5) is 5.13 Å². The third kappa shape index (κ3) is 4.35. The van der Waals surface area contributed by atoms with Crippen LogP contribution in [0.1, 0.15) is 19.0 Å². The number of aryl methyl sites for hydroxylation is 2. The molecule has 4 aromatic rings. The van der Waals surface area contributed by atoms with Crippen molar-refractivity contribution in [2.75, 3.05) is 5.32 Å². The van der Waals surface area contributed by atoms with Gasteiger partial charge in [-0.2, -0.15) is 0 Å². The van der Waals surface area contributed by atoms with Crippen LogP contribution in [0.15, 0.2) is 35.8 Å². The first-order chi connectivity index (χ1) is 13.6. The zero-order valence-electron chi connectivity index (χ0n) is 15.5. The second-order valence-corrected chi connectivity index (χ2v) is 11.3. The summed E-state index contributed by atoms with van der Waals surface area (Å²) in [6, 6.07) is 8.32. The quantitative estimate of drug-likeness (QED) is 0.329. The van der Waals surface area contributed by atoms with Gasteiger partial charge in [-0.3, -0.25) is 0 Å². The van der Waals surface area contributed by atoms with E-state index in [2.05, 4.69) is 43.7 Å². The molecule has 9 heteroatoms. The van der Waals surface area contributed by atoms with E-state index in [9.17, 15) is 4.79 Å². The van der Waals surface area contributed by atoms with E-state index in [4.69, 9.17) is 4.98 Å². The molecular weight excluding hydrogens is 453 g/mol. The number of fused-ring (bicyclic) bond motifs is 1. The normalized spacial score (nSPS) is 11.6. The van der Waals surface area contributed by atoms with Gasteiger partial charge in [0, 0.05) is 0 Å². The summed E-state index contributed by atoms with van der Waals surface area (Å²) < 4.78 is 3.32. The van der Waals surface area contributed by atoms with Crippen LogP contribution in [0.25, 0.3) is 21.5 Å². The molecule has 0 aliphatic heterocycles. The summed E-state index contributed by atoms with van der Waals surface area (Å²) >= 11 is 3.26. The molecule has 0 unspecified atom stereocenters. The Balaban J connectivity index is 1.34. The van der Waals surface area contributed by atoms with E-state index in [1.807, 2.05) is 19.2 Å². The predicted octanol–water partition coefficient (Wildman–Crippen LogP) is 3.72. The van der Waals surface area contributed by atoms with Gasteiger partial charge in [0.25, 0.3) is 0 Å². The fraction of sp³-hybridized carbons (Fsp3) is 0.263. The molecule has 0 fully saturated rings. The number of anilines is 1. The van der Waals surface area contributed by atoms with Crippen LogP contribution in [0.2, 0.25) is 5.21 Å². The van der Waals surface area contributed by atoms with Crippen LogP contribution in [-0.2, 0) is 11.3 Å². The average Bonchev–Trinajstić information content (AvgIpc) is 3.37. The molecule has 1 amide bonds. The summed E-state index contributed by atoms with van der Waals surface area (Å²) in [5.41, 5.74) is 3.08. The van der Waals surface area contributed by atoms with Crippen molar-refractivity contribution >= 4 is 64.2 Å². The van der Waals surface area contributed by atoms with Gasteiger partial charge < -0.3 is 0 Å². The van der Waals surface area contributed by atoms with Crippen LogP contribution in [-0.4, -0.2) is 41.4 Å². The standard InChI is InChI=1S/C19H19AsN5OS2/c1-12-17(28-19(22-12)23-13(2)26)15-11-27-18(24-15)20-8-5-9-25-16-7-4-3-6-14(16)10-21-25/h3-4,6-7,10-11H,5,8-9H2,1-2H3,(H,22,23,26). The second kappa shape index (κ2) is 8.55. The number of hydrogen-bond donors (Lipinski definition) is 1. The Morgan fingerprint density at radius 2 is 2.14 bits per heavy atom. The summed E-state index contributed by atoms with van der Waals surface area (Å²) in [5.74, 6) is -0.103. The van der Waals surface area contributed by atoms with Gasteiger partial charge in [-0.25, -0.2) is 0 Å². The van der Waals surface area contributed by atoms with Gasteiger partial charge in [-0.1, -0.05) is 0 Å². The van der Waals surface area contributed by atoms with Crippen LogP contribution >= 0.6 is 22.7 Å². The first-order valence-electron chi connectivity index (χ1n) is 8.89. The molecule has 1 aromatic carbocycles. The molecule has 0 saturated heterocycles. The number of carbonyl (C=O) groups excluding carboxylic acids is 1. The number of rotatable bonds is 7. The van der Waals surface area contributed by atoms with E-state index in [0.717, 1.165) is 34.4 Å². The van der Waals surface area contributed by atoms with E-state index in [1.165, 1.54) is 33.0 Å². The number of carbonyl (C=O) groups is 1. The molecule has 3 heterocycles. The van der Waals surface area contributed by atoms with Crippen molar-refractivity contribution in [1.82, 2.24) is 19.7 Å². The van der Waals surface area contributed by atoms with Crippen LogP contribution < -0.4 is 9.11 Å². The monoisotopic (exact) mass is 472 g/mol. The van der Waals surface area contributed by atoms with Crippen LogP contribution in [0.5, 0.6) is 0 Å². The second-order valence-electron chi connectivity index (χ2n) is 6.29. The summed E-state index contributed by atoms with van der Waals surface area (Å²) in [4.78, 5) is 21.5. The third-order valence-corrected chi connectivity index (χ3v) is 9.11. The number of para-hydroxylation sites is 1. The average molecular weight is 472 g/mol. The van der Waals surface area contributed by atoms with Crippen molar-refractivity contribution in [1.29, 1.82) is 0 Å². The number of benzene rings is 1. The molecule has 0 aliphatic rings. The summed E-state index contributed by atoms with van der Waals surface area (Å²) in [6.07, 6.45) is 3.04. The van der Waals surface area contributed by atoms with Crippen LogP contribution in [0.3, 0.4) is 0 Å². The van der Waals surface area contributed by atoms with Crippen molar-refractivity contribution < 1.29 is 4.79 Å². The molecule has 4 rings (SSSR count). The van der Waals surface area contributed by atoms with Crippen LogP contribution in [0, 0.1) is 6.92 Å². The predicted molar refractivity (Wildman–Crippen MR) is 117 cm³/mol. The zero-order valence-corrected chi connectivity index (χ0v) is 19.1. The molecule has 0 aliphatic carbocycles. The van der Waals surface area contributed by atoms with Crippen molar-refractivity contribution in [3.63, 3.8) is 0 Å². The Morgan fingerprint density at radius 1 is 1.29 bits per heavy atom. The van der Waals surface area contributed by atoms with E-state index in [-0.39, 0.29) is 21.7 Å². The Hall–Kier alpha value is -2.02. The summed E-state index contributed by atoms with van der Waals surface area (Å²) in [7, 11) is 0. The number of nitrogens with one attached hydrogen (secondary N) is 1. The number of hydrogen-bond acceptors (Lipinski definition) is 6. The molecule has 0 atom stereocenters. The van der Waals surface area contributed by atoms with E-state index >= 15 is 0 Å². The van der Waals surface area contributed by atoms with Gasteiger partial charge in [0.1, 0.15) is 0 Å². The summed E-state index contributed by atoms with van der Waals surface area (Å²) in [5, 5.41) is 12.3. The first-order valence-corrected chi connectivity index (χ1v) is 12.9. The van der Waals surface area contributed by atoms with Gasteiger partial charge in [0.05, 0.1) is 0 Å². The number of nitrogens with zero attached hydrogens (tertiary/aromatic N) is 4. The van der Waals surface area contributed by atoms with E-state index in [0.29, 0.717) is 5.13 Å². The first kappa shape index (κ1) is 19.3. The minimum atomic E-state index is -0.103. The Bertz CT molecular complexity index is 1120. The number of thiazole rings is 2. The maximum absolute atomic E-state index is 11.2. The third-order valence-electron chi connectivity index (χ3n) is 4.13. The Morgan fingerprint density at radius 3 is 3.00 bits per heavy atom. The zero-order chi connectivity index (χ0) is 19.5. The van der Waals surface area contributed by atoms with Crippen molar-refractivity contribution in [3.8, 4) is 10.6 Å². The molecule has 3 aromatic heterocycles. The van der Waals surface area contributed by atoms with Crippen molar-refractivity contribution in [2.24, 2.45) is 0 Å². The molecule has 0 saturated carbocycles. The molecule has 0 bridgehead atoms. The maximum atomic E-state index is 11.2.